The molecule has 15 rings (SSSR count). The highest BCUT2D eigenvalue weighted by molar-refractivity contribution is 7.22. The van der Waals surface area contributed by atoms with Gasteiger partial charge in [-0.25, -0.2) is 0 Å². The fraction of sp³-hybridized carbons (Fsp3) is 0.0625. The second kappa shape index (κ2) is 14.4. The molecule has 330 valence electrons. The molecule has 6 heteroatoms. The first-order chi connectivity index (χ1) is 34.4. The number of anilines is 5. The molecule has 3 aliphatic rings. The number of rotatable bonds is 4. The van der Waals surface area contributed by atoms with Crippen LogP contribution in [-0.4, -0.2) is 14.9 Å². The summed E-state index contributed by atoms with van der Waals surface area (Å²) >= 11 is 0. The Labute approximate surface area is 407 Å². The largest absolute Gasteiger partial charge is 0.456 e. The van der Waals surface area contributed by atoms with Crippen LogP contribution >= 0.6 is 0 Å². The Morgan fingerprint density at radius 2 is 1.06 bits per heavy atom. The van der Waals surface area contributed by atoms with E-state index in [2.05, 4.69) is 249 Å². The minimum absolute atomic E-state index is 0.0658. The van der Waals surface area contributed by atoms with Crippen LogP contribution in [0.5, 0.6) is 0 Å². The second-order valence-electron chi connectivity index (χ2n) is 20.3. The Hall–Kier alpha value is -8.32. The number of hydrogen-bond acceptors (Lipinski definition) is 4. The summed E-state index contributed by atoms with van der Waals surface area (Å²) in [6, 6.07) is 81.5. The van der Waals surface area contributed by atoms with E-state index in [4.69, 9.17) is 8.83 Å². The highest BCUT2D eigenvalue weighted by Gasteiger charge is 2.55. The van der Waals surface area contributed by atoms with Gasteiger partial charge in [-0.1, -0.05) is 191 Å². The van der Waals surface area contributed by atoms with Crippen molar-refractivity contribution < 1.29 is 8.83 Å². The molecular formula is C64H45BN2O2Si. The van der Waals surface area contributed by atoms with Crippen LogP contribution in [-0.2, 0) is 5.41 Å². The molecule has 10 aromatic carbocycles. The van der Waals surface area contributed by atoms with Gasteiger partial charge in [-0.3, -0.25) is 0 Å². The van der Waals surface area contributed by atoms with Crippen LogP contribution < -0.4 is 41.4 Å². The lowest BCUT2D eigenvalue weighted by Crippen LogP contribution is -2.79. The third-order valence-corrected chi connectivity index (χ3v) is 20.5. The van der Waals surface area contributed by atoms with E-state index in [1.165, 1.54) is 65.3 Å². The van der Waals surface area contributed by atoms with Gasteiger partial charge in [0.2, 0.25) is 0 Å². The Kier molecular flexibility index (Phi) is 8.14. The maximum absolute atomic E-state index is 7.24. The zero-order chi connectivity index (χ0) is 46.5. The summed E-state index contributed by atoms with van der Waals surface area (Å²) in [6.07, 6.45) is 0. The smallest absolute Gasteiger partial charge is 0.333 e. The van der Waals surface area contributed by atoms with Crippen molar-refractivity contribution in [3.8, 4) is 22.3 Å². The number of fused-ring (bicyclic) bond motifs is 13. The topological polar surface area (TPSA) is 32.8 Å². The van der Waals surface area contributed by atoms with Crippen molar-refractivity contribution in [1.29, 1.82) is 0 Å². The second-order valence-corrected chi connectivity index (χ2v) is 24.1. The van der Waals surface area contributed by atoms with E-state index in [0.717, 1.165) is 66.5 Å². The predicted molar refractivity (Wildman–Crippen MR) is 296 cm³/mol. The molecule has 12 aromatic rings. The van der Waals surface area contributed by atoms with Crippen LogP contribution in [0.15, 0.2) is 227 Å². The highest BCUT2D eigenvalue weighted by atomic mass is 28.3. The van der Waals surface area contributed by atoms with E-state index >= 15 is 0 Å². The van der Waals surface area contributed by atoms with Crippen molar-refractivity contribution in [3.63, 3.8) is 0 Å². The average Bonchev–Trinajstić information content (AvgIpc) is 3.97. The standard InChI is InChI=1S/C64H45BN2O2Si/c1-64(2,3)41-34-35-51(47(36-41)40-20-7-4-8-21-40)66-53-37-48-44-26-13-16-30-55(44)68-57(48)39-50(53)65-61-54(66)38-49-45-27-14-17-31-56(45)69-63(49)60(61)46-28-19-33-59-62(46)67(65)52-29-15-18-32-58(52)70(59,42-22-9-5-10-23-42)43-24-11-6-12-25-43/h4-39H,1-3H3. The molecule has 0 amide bonds. The highest BCUT2D eigenvalue weighted by Crippen LogP contribution is 2.53. The molecule has 5 heterocycles. The van der Waals surface area contributed by atoms with E-state index in [1.54, 1.807) is 0 Å². The molecule has 0 radical (unpaired) electrons. The Morgan fingerprint density at radius 3 is 1.79 bits per heavy atom. The summed E-state index contributed by atoms with van der Waals surface area (Å²) in [4.78, 5) is 5.29. The van der Waals surface area contributed by atoms with Crippen LogP contribution in [0.3, 0.4) is 0 Å². The van der Waals surface area contributed by atoms with Gasteiger partial charge in [0.25, 0.3) is 0 Å². The number of hydrogen-bond donors (Lipinski definition) is 0. The van der Waals surface area contributed by atoms with Crippen LogP contribution in [0.1, 0.15) is 26.3 Å². The summed E-state index contributed by atoms with van der Waals surface area (Å²) in [6.45, 7) is 6.67. The molecule has 0 saturated heterocycles. The van der Waals surface area contributed by atoms with Gasteiger partial charge in [0.15, 0.2) is 8.07 Å². The van der Waals surface area contributed by atoms with Crippen molar-refractivity contribution in [2.24, 2.45) is 0 Å². The van der Waals surface area contributed by atoms with Crippen LogP contribution in [0.25, 0.3) is 66.1 Å². The van der Waals surface area contributed by atoms with E-state index < -0.39 is 8.07 Å². The summed E-state index contributed by atoms with van der Waals surface area (Å²) < 4.78 is 14.1. The van der Waals surface area contributed by atoms with Crippen LogP contribution in [0, 0.1) is 0 Å². The molecular weight excluding hydrogens is 868 g/mol. The fourth-order valence-corrected chi connectivity index (χ4v) is 17.8. The zero-order valence-electron chi connectivity index (χ0n) is 39.1. The number of benzene rings is 10. The number of nitrogens with zero attached hydrogens (tertiary/aromatic N) is 2. The predicted octanol–water partition coefficient (Wildman–Crippen LogP) is 12.8. The molecule has 0 bridgehead atoms. The van der Waals surface area contributed by atoms with Crippen molar-refractivity contribution in [2.75, 3.05) is 9.71 Å². The van der Waals surface area contributed by atoms with Gasteiger partial charge in [-0.05, 0) is 96.7 Å². The lowest BCUT2D eigenvalue weighted by molar-refractivity contribution is 0.590. The molecule has 0 atom stereocenters. The van der Waals surface area contributed by atoms with Gasteiger partial charge in [0.1, 0.15) is 22.3 Å². The summed E-state index contributed by atoms with van der Waals surface area (Å²) in [5.41, 5.74) is 17.8. The van der Waals surface area contributed by atoms with E-state index in [9.17, 15) is 0 Å². The Balaban J connectivity index is 1.15. The van der Waals surface area contributed by atoms with Gasteiger partial charge < -0.3 is 18.5 Å². The molecule has 0 unspecified atom stereocenters. The lowest BCUT2D eigenvalue weighted by Gasteiger charge is -2.52. The lowest BCUT2D eigenvalue weighted by atomic mass is 9.43. The molecule has 4 nitrogen and oxygen atoms in total. The first-order valence-electron chi connectivity index (χ1n) is 24.4. The quantitative estimate of drug-likeness (QED) is 0.165. The first-order valence-corrected chi connectivity index (χ1v) is 26.4. The molecule has 0 fully saturated rings. The zero-order valence-corrected chi connectivity index (χ0v) is 40.1. The van der Waals surface area contributed by atoms with Gasteiger partial charge in [0.05, 0.1) is 5.69 Å². The molecule has 0 saturated carbocycles. The van der Waals surface area contributed by atoms with Crippen molar-refractivity contribution in [3.05, 3.63) is 224 Å². The minimum atomic E-state index is -2.98. The maximum Gasteiger partial charge on any atom is 0.333 e. The minimum Gasteiger partial charge on any atom is -0.456 e. The Morgan fingerprint density at radius 1 is 0.443 bits per heavy atom. The van der Waals surface area contributed by atoms with Crippen molar-refractivity contribution in [2.45, 2.75) is 26.2 Å². The fourth-order valence-electron chi connectivity index (χ4n) is 12.6. The van der Waals surface area contributed by atoms with Gasteiger partial charge in [-0.2, -0.15) is 0 Å². The first kappa shape index (κ1) is 39.7. The molecule has 2 aromatic heterocycles. The third kappa shape index (κ3) is 5.26. The van der Waals surface area contributed by atoms with Gasteiger partial charge >= 0.3 is 6.85 Å². The van der Waals surface area contributed by atoms with Crippen molar-refractivity contribution in [1.82, 2.24) is 0 Å². The molecule has 0 spiro atoms. The summed E-state index contributed by atoms with van der Waals surface area (Å²) in [7, 11) is -2.98. The van der Waals surface area contributed by atoms with Gasteiger partial charge in [0, 0.05) is 61.0 Å². The average molecular weight is 913 g/mol. The van der Waals surface area contributed by atoms with Gasteiger partial charge in [-0.15, -0.1) is 0 Å². The molecule has 0 N–H and O–H groups in total. The number of para-hydroxylation sites is 4. The van der Waals surface area contributed by atoms with E-state index in [-0.39, 0.29) is 12.3 Å². The third-order valence-electron chi connectivity index (χ3n) is 15.6. The summed E-state index contributed by atoms with van der Waals surface area (Å²) in [5, 5.41) is 9.90. The molecule has 0 aliphatic carbocycles. The number of furan rings is 2. The van der Waals surface area contributed by atoms with Crippen molar-refractivity contribution >= 4 is 119 Å². The Bertz CT molecular complexity index is 4100. The SMILES string of the molecule is CC(C)(C)c1ccc(N2c3cc4c(cc3B3c5c2cc2c(oc6ccccc62)c5-c2cccc5c2N3c2ccccc2[Si]5(c2ccccc2)c2ccccc2)oc2ccccc24)c(-c2ccccc2)c1. The van der Waals surface area contributed by atoms with E-state index in [1.807, 2.05) is 0 Å². The van der Waals surface area contributed by atoms with E-state index in [0.29, 0.717) is 0 Å². The van der Waals surface area contributed by atoms with Crippen LogP contribution in [0.4, 0.5) is 28.4 Å². The monoisotopic (exact) mass is 912 g/mol. The van der Waals surface area contributed by atoms with Crippen LogP contribution in [0.2, 0.25) is 0 Å². The maximum atomic E-state index is 7.24. The normalized spacial score (nSPS) is 14.2. The summed E-state index contributed by atoms with van der Waals surface area (Å²) in [5.74, 6) is 0. The molecule has 3 aliphatic heterocycles. The molecule has 70 heavy (non-hydrogen) atoms.